The minimum Gasteiger partial charge on any atom is -0.346 e. The first-order valence-corrected chi connectivity index (χ1v) is 6.85. The Hall–Kier alpha value is -2.41. The predicted octanol–water partition coefficient (Wildman–Crippen LogP) is 2.34. The van der Waals surface area contributed by atoms with E-state index >= 15 is 0 Å². The number of carbonyl (C=O) groups excluding carboxylic acids is 1. The van der Waals surface area contributed by atoms with Crippen molar-refractivity contribution in [2.24, 2.45) is 0 Å². The van der Waals surface area contributed by atoms with Gasteiger partial charge >= 0.3 is 0 Å². The Morgan fingerprint density at radius 1 is 1.35 bits per heavy atom. The lowest BCUT2D eigenvalue weighted by Crippen LogP contribution is -2.12. The zero-order valence-corrected chi connectivity index (χ0v) is 11.9. The normalized spacial score (nSPS) is 10.7. The number of fused-ring (bicyclic) bond motifs is 1. The SMILES string of the molecule is CN(C)c1n[nH]c(NC(=O)c2cc3ccccc3s2)n1. The smallest absolute Gasteiger partial charge is 0.268 e. The van der Waals surface area contributed by atoms with Crippen LogP contribution in [0.1, 0.15) is 9.67 Å². The molecule has 0 unspecified atom stereocenters. The molecular formula is C13H13N5OS. The van der Waals surface area contributed by atoms with Gasteiger partial charge in [0.15, 0.2) is 0 Å². The fourth-order valence-corrected chi connectivity index (χ4v) is 2.73. The Balaban J connectivity index is 1.81. The molecule has 0 aliphatic heterocycles. The number of thiophene rings is 1. The average Bonchev–Trinajstić information content (AvgIpc) is 3.04. The van der Waals surface area contributed by atoms with Crippen LogP contribution in [0.25, 0.3) is 10.1 Å². The molecule has 0 fully saturated rings. The lowest BCUT2D eigenvalue weighted by Gasteiger charge is -2.03. The molecular weight excluding hydrogens is 274 g/mol. The maximum atomic E-state index is 12.2. The van der Waals surface area contributed by atoms with Crippen LogP contribution in [-0.4, -0.2) is 35.2 Å². The molecule has 0 radical (unpaired) electrons. The summed E-state index contributed by atoms with van der Waals surface area (Å²) in [6, 6.07) is 9.77. The fourth-order valence-electron chi connectivity index (χ4n) is 1.77. The van der Waals surface area contributed by atoms with Gasteiger partial charge in [-0.1, -0.05) is 18.2 Å². The van der Waals surface area contributed by atoms with Crippen LogP contribution >= 0.6 is 11.3 Å². The van der Waals surface area contributed by atoms with Crippen LogP contribution in [0.2, 0.25) is 0 Å². The second-order valence-electron chi connectivity index (χ2n) is 4.48. The molecule has 2 N–H and O–H groups in total. The number of amides is 1. The molecule has 6 nitrogen and oxygen atoms in total. The number of H-pyrrole nitrogens is 1. The summed E-state index contributed by atoms with van der Waals surface area (Å²) in [5.74, 6) is 0.681. The quantitative estimate of drug-likeness (QED) is 0.775. The zero-order valence-electron chi connectivity index (χ0n) is 11.0. The number of aromatic amines is 1. The third-order valence-electron chi connectivity index (χ3n) is 2.75. The van der Waals surface area contributed by atoms with E-state index in [2.05, 4.69) is 20.5 Å². The number of carbonyl (C=O) groups is 1. The number of benzene rings is 1. The Morgan fingerprint density at radius 2 is 2.15 bits per heavy atom. The highest BCUT2D eigenvalue weighted by Crippen LogP contribution is 2.25. The Kier molecular flexibility index (Phi) is 3.11. The third-order valence-corrected chi connectivity index (χ3v) is 3.87. The first-order chi connectivity index (χ1) is 9.63. The van der Waals surface area contributed by atoms with E-state index in [0.717, 1.165) is 10.1 Å². The van der Waals surface area contributed by atoms with Crippen molar-refractivity contribution in [1.29, 1.82) is 0 Å². The molecule has 2 heterocycles. The van der Waals surface area contributed by atoms with Crippen molar-refractivity contribution >= 4 is 39.2 Å². The molecule has 1 aromatic carbocycles. The highest BCUT2D eigenvalue weighted by Gasteiger charge is 2.13. The maximum absolute atomic E-state index is 12.2. The van der Waals surface area contributed by atoms with Gasteiger partial charge in [-0.05, 0) is 17.5 Å². The van der Waals surface area contributed by atoms with E-state index in [1.807, 2.05) is 44.4 Å². The van der Waals surface area contributed by atoms with Crippen molar-refractivity contribution in [2.75, 3.05) is 24.3 Å². The van der Waals surface area contributed by atoms with E-state index < -0.39 is 0 Å². The standard InChI is InChI=1S/C13H13N5OS/c1-18(2)13-15-12(16-17-13)14-11(19)10-7-8-5-3-4-6-9(8)20-10/h3-7H,1-2H3,(H2,14,15,16,17,19). The van der Waals surface area contributed by atoms with Gasteiger partial charge in [-0.15, -0.1) is 16.4 Å². The van der Waals surface area contributed by atoms with E-state index in [4.69, 9.17) is 0 Å². The van der Waals surface area contributed by atoms with Gasteiger partial charge in [-0.2, -0.15) is 4.98 Å². The summed E-state index contributed by atoms with van der Waals surface area (Å²) in [6.45, 7) is 0. The molecule has 0 spiro atoms. The zero-order chi connectivity index (χ0) is 14.1. The minimum atomic E-state index is -0.187. The summed E-state index contributed by atoms with van der Waals surface area (Å²) in [5.41, 5.74) is 0. The topological polar surface area (TPSA) is 73.9 Å². The first kappa shape index (κ1) is 12.6. The summed E-state index contributed by atoms with van der Waals surface area (Å²) in [7, 11) is 3.67. The molecule has 0 saturated carbocycles. The van der Waals surface area contributed by atoms with E-state index in [1.165, 1.54) is 11.3 Å². The Bertz CT molecular complexity index is 728. The van der Waals surface area contributed by atoms with Gasteiger partial charge < -0.3 is 4.90 Å². The number of nitrogens with zero attached hydrogens (tertiary/aromatic N) is 3. The second kappa shape index (κ2) is 4.93. The molecule has 0 atom stereocenters. The summed E-state index contributed by atoms with van der Waals surface area (Å²) >= 11 is 1.45. The van der Waals surface area contributed by atoms with E-state index in [0.29, 0.717) is 16.8 Å². The van der Waals surface area contributed by atoms with Crippen molar-refractivity contribution in [3.8, 4) is 0 Å². The maximum Gasteiger partial charge on any atom is 0.268 e. The molecule has 2 aromatic heterocycles. The summed E-state index contributed by atoms with van der Waals surface area (Å²) < 4.78 is 1.09. The third kappa shape index (κ3) is 2.35. The van der Waals surface area contributed by atoms with Crippen molar-refractivity contribution in [3.05, 3.63) is 35.2 Å². The molecule has 3 aromatic rings. The van der Waals surface area contributed by atoms with Crippen molar-refractivity contribution in [2.45, 2.75) is 0 Å². The van der Waals surface area contributed by atoms with Gasteiger partial charge in [0.25, 0.3) is 5.91 Å². The minimum absolute atomic E-state index is 0.187. The molecule has 20 heavy (non-hydrogen) atoms. The molecule has 0 aliphatic carbocycles. The number of nitrogens with one attached hydrogen (secondary N) is 2. The molecule has 3 rings (SSSR count). The van der Waals surface area contributed by atoms with Gasteiger partial charge in [-0.25, -0.2) is 5.10 Å². The van der Waals surface area contributed by atoms with Crippen molar-refractivity contribution in [3.63, 3.8) is 0 Å². The summed E-state index contributed by atoms with van der Waals surface area (Å²) in [5, 5.41) is 10.4. The Labute approximate surface area is 119 Å². The average molecular weight is 287 g/mol. The van der Waals surface area contributed by atoms with Crippen LogP contribution in [0.15, 0.2) is 30.3 Å². The number of rotatable bonds is 3. The van der Waals surface area contributed by atoms with Crippen LogP contribution in [0, 0.1) is 0 Å². The predicted molar refractivity (Wildman–Crippen MR) is 80.5 cm³/mol. The van der Waals surface area contributed by atoms with E-state index in [9.17, 15) is 4.79 Å². The Morgan fingerprint density at radius 3 is 2.85 bits per heavy atom. The number of hydrogen-bond acceptors (Lipinski definition) is 5. The molecule has 1 amide bonds. The van der Waals surface area contributed by atoms with Crippen molar-refractivity contribution in [1.82, 2.24) is 15.2 Å². The molecule has 102 valence electrons. The van der Waals surface area contributed by atoms with Crippen LogP contribution in [0.3, 0.4) is 0 Å². The summed E-state index contributed by atoms with van der Waals surface area (Å²) in [4.78, 5) is 18.7. The molecule has 0 saturated heterocycles. The lowest BCUT2D eigenvalue weighted by molar-refractivity contribution is 0.103. The van der Waals surface area contributed by atoms with E-state index in [-0.39, 0.29) is 5.91 Å². The highest BCUT2D eigenvalue weighted by atomic mass is 32.1. The summed E-state index contributed by atoms with van der Waals surface area (Å²) in [6.07, 6.45) is 0. The van der Waals surface area contributed by atoms with Gasteiger partial charge in [0, 0.05) is 18.8 Å². The largest absolute Gasteiger partial charge is 0.346 e. The molecule has 0 bridgehead atoms. The molecule has 7 heteroatoms. The van der Waals surface area contributed by atoms with Crippen LogP contribution in [0.5, 0.6) is 0 Å². The number of aromatic nitrogens is 3. The van der Waals surface area contributed by atoms with E-state index in [1.54, 1.807) is 4.90 Å². The highest BCUT2D eigenvalue weighted by molar-refractivity contribution is 7.20. The second-order valence-corrected chi connectivity index (χ2v) is 5.56. The monoisotopic (exact) mass is 287 g/mol. The fraction of sp³-hybridized carbons (Fsp3) is 0.154. The molecule has 0 aliphatic rings. The number of hydrogen-bond donors (Lipinski definition) is 2. The van der Waals surface area contributed by atoms with Crippen LogP contribution in [-0.2, 0) is 0 Å². The number of anilines is 2. The van der Waals surface area contributed by atoms with Gasteiger partial charge in [0.05, 0.1) is 4.88 Å². The first-order valence-electron chi connectivity index (χ1n) is 6.03. The van der Waals surface area contributed by atoms with Crippen LogP contribution < -0.4 is 10.2 Å². The van der Waals surface area contributed by atoms with Crippen LogP contribution in [0.4, 0.5) is 11.9 Å². The lowest BCUT2D eigenvalue weighted by atomic mass is 10.2. The van der Waals surface area contributed by atoms with Gasteiger partial charge in [-0.3, -0.25) is 10.1 Å². The van der Waals surface area contributed by atoms with Crippen molar-refractivity contribution < 1.29 is 4.79 Å². The van der Waals surface area contributed by atoms with Gasteiger partial charge in [0.1, 0.15) is 0 Å². The van der Waals surface area contributed by atoms with Gasteiger partial charge in [0.2, 0.25) is 11.9 Å².